The first kappa shape index (κ1) is 13.7. The fourth-order valence-electron chi connectivity index (χ4n) is 1.76. The molecule has 0 bridgehead atoms. The van der Waals surface area contributed by atoms with Gasteiger partial charge in [-0.2, -0.15) is 0 Å². The van der Waals surface area contributed by atoms with Crippen LogP contribution in [0.2, 0.25) is 0 Å². The number of hydrogen-bond donors (Lipinski definition) is 3. The van der Waals surface area contributed by atoms with Gasteiger partial charge in [0.15, 0.2) is 0 Å². The predicted molar refractivity (Wildman–Crippen MR) is 73.7 cm³/mol. The van der Waals surface area contributed by atoms with Gasteiger partial charge in [-0.15, -0.1) is 0 Å². The third kappa shape index (κ3) is 3.38. The number of benzene rings is 1. The summed E-state index contributed by atoms with van der Waals surface area (Å²) in [5, 5.41) is 14.7. The third-order valence-corrected chi connectivity index (χ3v) is 2.61. The number of furan rings is 1. The molecule has 0 aliphatic rings. The Hall–Kier alpha value is -2.76. The lowest BCUT2D eigenvalue weighted by molar-refractivity contribution is -0.114. The van der Waals surface area contributed by atoms with Gasteiger partial charge in [-0.05, 0) is 24.3 Å². The van der Waals surface area contributed by atoms with E-state index in [2.05, 4.69) is 10.6 Å². The number of carbonyl (C=O) groups is 2. The predicted octanol–water partition coefficient (Wildman–Crippen LogP) is 2.55. The molecule has 0 aliphatic carbocycles. The average molecular weight is 274 g/mol. The van der Waals surface area contributed by atoms with Gasteiger partial charge in [0.1, 0.15) is 11.3 Å². The molecule has 1 amide bonds. The molecule has 0 saturated carbocycles. The van der Waals surface area contributed by atoms with E-state index in [1.807, 2.05) is 6.07 Å². The van der Waals surface area contributed by atoms with Crippen LogP contribution >= 0.6 is 0 Å². The molecular weight excluding hydrogens is 260 g/mol. The summed E-state index contributed by atoms with van der Waals surface area (Å²) < 4.78 is 5.13. The zero-order valence-electron chi connectivity index (χ0n) is 10.8. The van der Waals surface area contributed by atoms with Crippen molar-refractivity contribution in [2.45, 2.75) is 13.5 Å². The van der Waals surface area contributed by atoms with Crippen molar-refractivity contribution in [3.05, 3.63) is 47.9 Å². The molecule has 0 unspecified atom stereocenters. The SMILES string of the molecule is CC(=O)Nc1cccc(NCc2occc2C(=O)O)c1. The summed E-state index contributed by atoms with van der Waals surface area (Å²) in [6.07, 6.45) is 1.34. The van der Waals surface area contributed by atoms with Crippen LogP contribution < -0.4 is 10.6 Å². The van der Waals surface area contributed by atoms with Gasteiger partial charge in [0.05, 0.1) is 12.8 Å². The number of aromatic carboxylic acids is 1. The third-order valence-electron chi connectivity index (χ3n) is 2.61. The Morgan fingerprint density at radius 2 is 2.00 bits per heavy atom. The number of nitrogens with one attached hydrogen (secondary N) is 2. The Balaban J connectivity index is 2.05. The molecule has 0 fully saturated rings. The first-order chi connectivity index (χ1) is 9.56. The Bertz CT molecular complexity index is 634. The first-order valence-corrected chi connectivity index (χ1v) is 5.97. The molecule has 6 heteroatoms. The molecule has 1 heterocycles. The average Bonchev–Trinajstić information content (AvgIpc) is 2.84. The molecule has 3 N–H and O–H groups in total. The number of carboxylic acid groups (broad SMARTS) is 1. The molecule has 0 radical (unpaired) electrons. The van der Waals surface area contributed by atoms with E-state index in [1.165, 1.54) is 19.3 Å². The van der Waals surface area contributed by atoms with Crippen LogP contribution in [0.1, 0.15) is 23.0 Å². The van der Waals surface area contributed by atoms with Crippen molar-refractivity contribution in [3.63, 3.8) is 0 Å². The fraction of sp³-hybridized carbons (Fsp3) is 0.143. The lowest BCUT2D eigenvalue weighted by Gasteiger charge is -2.08. The Labute approximate surface area is 115 Å². The molecule has 0 spiro atoms. The summed E-state index contributed by atoms with van der Waals surface area (Å²) >= 11 is 0. The number of hydrogen-bond acceptors (Lipinski definition) is 4. The summed E-state index contributed by atoms with van der Waals surface area (Å²) in [5.74, 6) is -0.827. The number of rotatable bonds is 5. The van der Waals surface area contributed by atoms with E-state index in [0.717, 1.165) is 5.69 Å². The van der Waals surface area contributed by atoms with Gasteiger partial charge in [0, 0.05) is 18.3 Å². The summed E-state index contributed by atoms with van der Waals surface area (Å²) in [6, 6.07) is 8.53. The van der Waals surface area contributed by atoms with Crippen molar-refractivity contribution in [2.24, 2.45) is 0 Å². The highest BCUT2D eigenvalue weighted by atomic mass is 16.4. The number of amides is 1. The van der Waals surface area contributed by atoms with Crippen molar-refractivity contribution in [1.29, 1.82) is 0 Å². The smallest absolute Gasteiger partial charge is 0.339 e. The summed E-state index contributed by atoms with van der Waals surface area (Å²) in [7, 11) is 0. The van der Waals surface area contributed by atoms with Gasteiger partial charge in [-0.1, -0.05) is 6.07 Å². The van der Waals surface area contributed by atoms with Crippen LogP contribution in [-0.2, 0) is 11.3 Å². The molecule has 2 aromatic rings. The van der Waals surface area contributed by atoms with E-state index >= 15 is 0 Å². The first-order valence-electron chi connectivity index (χ1n) is 5.97. The molecular formula is C14H14N2O4. The van der Waals surface area contributed by atoms with Gasteiger partial charge >= 0.3 is 5.97 Å². The monoisotopic (exact) mass is 274 g/mol. The van der Waals surface area contributed by atoms with Crippen molar-refractivity contribution < 1.29 is 19.1 Å². The second-order valence-electron chi connectivity index (χ2n) is 4.18. The van der Waals surface area contributed by atoms with Gasteiger partial charge in [-0.3, -0.25) is 4.79 Å². The highest BCUT2D eigenvalue weighted by Crippen LogP contribution is 2.17. The van der Waals surface area contributed by atoms with Crippen LogP contribution in [0, 0.1) is 0 Å². The maximum atomic E-state index is 11.0. The quantitative estimate of drug-likeness (QED) is 0.779. The molecule has 0 atom stereocenters. The van der Waals surface area contributed by atoms with Crippen molar-refractivity contribution >= 4 is 23.3 Å². The second-order valence-corrected chi connectivity index (χ2v) is 4.18. The topological polar surface area (TPSA) is 91.6 Å². The van der Waals surface area contributed by atoms with E-state index in [4.69, 9.17) is 9.52 Å². The molecule has 2 rings (SSSR count). The minimum absolute atomic E-state index is 0.135. The van der Waals surface area contributed by atoms with Crippen molar-refractivity contribution in [1.82, 2.24) is 0 Å². The van der Waals surface area contributed by atoms with Crippen LogP contribution in [0.15, 0.2) is 41.0 Å². The Morgan fingerprint density at radius 1 is 1.25 bits per heavy atom. The van der Waals surface area contributed by atoms with Crippen LogP contribution in [0.25, 0.3) is 0 Å². The maximum Gasteiger partial charge on any atom is 0.339 e. The van der Waals surface area contributed by atoms with Crippen molar-refractivity contribution in [2.75, 3.05) is 10.6 Å². The minimum atomic E-state index is -1.03. The van der Waals surface area contributed by atoms with Crippen molar-refractivity contribution in [3.8, 4) is 0 Å². The Kier molecular flexibility index (Phi) is 4.05. The number of anilines is 2. The van der Waals surface area contributed by atoms with E-state index < -0.39 is 5.97 Å². The van der Waals surface area contributed by atoms with Gasteiger partial charge in [0.2, 0.25) is 5.91 Å². The van der Waals surface area contributed by atoms with Crippen LogP contribution in [0.5, 0.6) is 0 Å². The lowest BCUT2D eigenvalue weighted by Crippen LogP contribution is -2.07. The molecule has 0 saturated heterocycles. The van der Waals surface area contributed by atoms with E-state index in [9.17, 15) is 9.59 Å². The molecule has 1 aromatic heterocycles. The van der Waals surface area contributed by atoms with Crippen LogP contribution in [0.3, 0.4) is 0 Å². The normalized spacial score (nSPS) is 10.1. The van der Waals surface area contributed by atoms with Gasteiger partial charge in [-0.25, -0.2) is 4.79 Å². The molecule has 104 valence electrons. The zero-order chi connectivity index (χ0) is 14.5. The zero-order valence-corrected chi connectivity index (χ0v) is 10.8. The van der Waals surface area contributed by atoms with E-state index in [-0.39, 0.29) is 18.0 Å². The van der Waals surface area contributed by atoms with Crippen LogP contribution in [0.4, 0.5) is 11.4 Å². The lowest BCUT2D eigenvalue weighted by atomic mass is 10.2. The summed E-state index contributed by atoms with van der Waals surface area (Å²) in [5.41, 5.74) is 1.56. The maximum absolute atomic E-state index is 11.0. The van der Waals surface area contributed by atoms with E-state index in [1.54, 1.807) is 18.2 Å². The highest BCUT2D eigenvalue weighted by molar-refractivity contribution is 5.89. The largest absolute Gasteiger partial charge is 0.478 e. The minimum Gasteiger partial charge on any atom is -0.478 e. The summed E-state index contributed by atoms with van der Waals surface area (Å²) in [6.45, 7) is 1.68. The van der Waals surface area contributed by atoms with Gasteiger partial charge < -0.3 is 20.2 Å². The number of carbonyl (C=O) groups excluding carboxylic acids is 1. The standard InChI is InChI=1S/C14H14N2O4/c1-9(17)16-11-4-2-3-10(7-11)15-8-13-12(14(18)19)5-6-20-13/h2-7,15H,8H2,1H3,(H,16,17)(H,18,19). The molecule has 6 nitrogen and oxygen atoms in total. The fourth-order valence-corrected chi connectivity index (χ4v) is 1.76. The highest BCUT2D eigenvalue weighted by Gasteiger charge is 2.12. The van der Waals surface area contributed by atoms with E-state index in [0.29, 0.717) is 11.4 Å². The van der Waals surface area contributed by atoms with Gasteiger partial charge in [0.25, 0.3) is 0 Å². The number of carboxylic acids is 1. The molecule has 1 aromatic carbocycles. The summed E-state index contributed by atoms with van der Waals surface area (Å²) in [4.78, 5) is 21.9. The molecule has 20 heavy (non-hydrogen) atoms. The Morgan fingerprint density at radius 3 is 2.70 bits per heavy atom. The molecule has 0 aliphatic heterocycles. The second kappa shape index (κ2) is 5.92. The van der Waals surface area contributed by atoms with Crippen LogP contribution in [-0.4, -0.2) is 17.0 Å².